The minimum absolute atomic E-state index is 0.0495. The molecule has 1 unspecified atom stereocenters. The molecule has 0 saturated carbocycles. The number of carbonyl (C=O) groups is 1. The highest BCUT2D eigenvalue weighted by atomic mass is 35.5. The van der Waals surface area contributed by atoms with Gasteiger partial charge in [-0.15, -0.1) is 0 Å². The first-order chi connectivity index (χ1) is 9.04. The summed E-state index contributed by atoms with van der Waals surface area (Å²) in [5.74, 6) is -1.51. The Morgan fingerprint density at radius 3 is 2.35 bits per heavy atom. The van der Waals surface area contributed by atoms with Crippen molar-refractivity contribution in [1.82, 2.24) is 4.90 Å². The first-order valence-electron chi connectivity index (χ1n) is 6.17. The van der Waals surface area contributed by atoms with Gasteiger partial charge in [0, 0.05) is 16.6 Å². The second kappa shape index (κ2) is 6.29. The molecule has 1 N–H and O–H groups in total. The quantitative estimate of drug-likeness (QED) is 0.837. The lowest BCUT2D eigenvalue weighted by Gasteiger charge is -2.39. The third-order valence-electron chi connectivity index (χ3n) is 3.12. The lowest BCUT2D eigenvalue weighted by Crippen LogP contribution is -2.45. The number of aliphatic carboxylic acids is 1. The molecular weight excluding hydrogens is 304 g/mol. The Morgan fingerprint density at radius 1 is 1.35 bits per heavy atom. The van der Waals surface area contributed by atoms with Crippen molar-refractivity contribution in [3.05, 3.63) is 33.6 Å². The molecule has 1 rings (SSSR count). The van der Waals surface area contributed by atoms with Crippen LogP contribution in [0.1, 0.15) is 39.3 Å². The zero-order chi connectivity index (χ0) is 15.7. The van der Waals surface area contributed by atoms with E-state index in [0.29, 0.717) is 10.6 Å². The Balaban J connectivity index is 3.22. The van der Waals surface area contributed by atoms with Crippen LogP contribution in [0.15, 0.2) is 12.1 Å². The van der Waals surface area contributed by atoms with Crippen LogP contribution in [-0.4, -0.2) is 28.1 Å². The molecule has 1 aromatic carbocycles. The van der Waals surface area contributed by atoms with E-state index < -0.39 is 17.3 Å². The number of hydrogen-bond acceptors (Lipinski definition) is 2. The molecule has 20 heavy (non-hydrogen) atoms. The van der Waals surface area contributed by atoms with E-state index in [4.69, 9.17) is 28.3 Å². The van der Waals surface area contributed by atoms with Gasteiger partial charge >= 0.3 is 5.97 Å². The van der Waals surface area contributed by atoms with Crippen molar-refractivity contribution in [2.24, 2.45) is 0 Å². The summed E-state index contributed by atoms with van der Waals surface area (Å²) in [7, 11) is 0. The van der Waals surface area contributed by atoms with E-state index in [1.165, 1.54) is 12.1 Å². The SMILES string of the molecule is CC(c1cc(F)c(Cl)cc1Cl)N(CC(=O)O)C(C)(C)C. The Hall–Kier alpha value is -0.840. The second-order valence-corrected chi connectivity index (χ2v) is 6.47. The summed E-state index contributed by atoms with van der Waals surface area (Å²) >= 11 is 11.8. The van der Waals surface area contributed by atoms with Gasteiger partial charge in [-0.05, 0) is 45.4 Å². The molecule has 0 radical (unpaired) electrons. The highest BCUT2D eigenvalue weighted by molar-refractivity contribution is 6.35. The maximum atomic E-state index is 13.6. The Morgan fingerprint density at radius 2 is 1.90 bits per heavy atom. The van der Waals surface area contributed by atoms with E-state index in [9.17, 15) is 9.18 Å². The summed E-state index contributed by atoms with van der Waals surface area (Å²) in [5.41, 5.74) is 0.113. The molecule has 0 aliphatic rings. The van der Waals surface area contributed by atoms with E-state index in [1.54, 1.807) is 11.8 Å². The third kappa shape index (κ3) is 4.08. The minimum Gasteiger partial charge on any atom is -0.480 e. The van der Waals surface area contributed by atoms with Gasteiger partial charge in [-0.3, -0.25) is 9.69 Å². The summed E-state index contributed by atoms with van der Waals surface area (Å²) in [6.45, 7) is 7.32. The van der Waals surface area contributed by atoms with Crippen LogP contribution >= 0.6 is 23.2 Å². The summed E-state index contributed by atoms with van der Waals surface area (Å²) in [5, 5.41) is 9.31. The van der Waals surface area contributed by atoms with E-state index >= 15 is 0 Å². The molecule has 1 aromatic rings. The first-order valence-corrected chi connectivity index (χ1v) is 6.92. The molecule has 0 aliphatic heterocycles. The Kier molecular flexibility index (Phi) is 5.41. The van der Waals surface area contributed by atoms with Gasteiger partial charge in [0.15, 0.2) is 0 Å². The van der Waals surface area contributed by atoms with Crippen LogP contribution < -0.4 is 0 Å². The van der Waals surface area contributed by atoms with Crippen LogP contribution in [0.5, 0.6) is 0 Å². The molecule has 0 bridgehead atoms. The van der Waals surface area contributed by atoms with Gasteiger partial charge in [-0.1, -0.05) is 23.2 Å². The highest BCUT2D eigenvalue weighted by Gasteiger charge is 2.30. The standard InChI is InChI=1S/C14H18Cl2FNO2/c1-8(18(7-13(19)20)14(2,3)4)9-5-12(17)11(16)6-10(9)15/h5-6,8H,7H2,1-4H3,(H,19,20). The Labute approximate surface area is 128 Å². The van der Waals surface area contributed by atoms with E-state index in [1.807, 2.05) is 20.8 Å². The van der Waals surface area contributed by atoms with Crippen LogP contribution in [0.4, 0.5) is 4.39 Å². The largest absolute Gasteiger partial charge is 0.480 e. The molecular formula is C14H18Cl2FNO2. The maximum Gasteiger partial charge on any atom is 0.317 e. The summed E-state index contributed by atoms with van der Waals surface area (Å²) in [6.07, 6.45) is 0. The fraction of sp³-hybridized carbons (Fsp3) is 0.500. The molecule has 0 aromatic heterocycles. The first kappa shape index (κ1) is 17.2. The van der Waals surface area contributed by atoms with Crippen LogP contribution in [0.2, 0.25) is 10.0 Å². The van der Waals surface area contributed by atoms with Crippen molar-refractivity contribution in [1.29, 1.82) is 0 Å². The molecule has 0 fully saturated rings. The lowest BCUT2D eigenvalue weighted by atomic mass is 9.98. The highest BCUT2D eigenvalue weighted by Crippen LogP contribution is 2.34. The third-order valence-corrected chi connectivity index (χ3v) is 3.74. The fourth-order valence-electron chi connectivity index (χ4n) is 2.13. The average Bonchev–Trinajstić information content (AvgIpc) is 2.28. The van der Waals surface area contributed by atoms with E-state index in [2.05, 4.69) is 0 Å². The number of nitrogens with zero attached hydrogens (tertiary/aromatic N) is 1. The maximum absolute atomic E-state index is 13.6. The molecule has 112 valence electrons. The van der Waals surface area contributed by atoms with Crippen molar-refractivity contribution >= 4 is 29.2 Å². The van der Waals surface area contributed by atoms with Crippen molar-refractivity contribution in [2.45, 2.75) is 39.3 Å². The van der Waals surface area contributed by atoms with Gasteiger partial charge in [0.05, 0.1) is 11.6 Å². The van der Waals surface area contributed by atoms with Crippen molar-refractivity contribution in [3.63, 3.8) is 0 Å². The normalized spacial score (nSPS) is 13.6. The van der Waals surface area contributed by atoms with Gasteiger partial charge < -0.3 is 5.11 Å². The number of carboxylic acid groups (broad SMARTS) is 1. The van der Waals surface area contributed by atoms with Crippen LogP contribution in [-0.2, 0) is 4.79 Å². The summed E-state index contributed by atoms with van der Waals surface area (Å²) in [4.78, 5) is 12.8. The monoisotopic (exact) mass is 321 g/mol. The van der Waals surface area contributed by atoms with Crippen molar-refractivity contribution in [2.75, 3.05) is 6.54 Å². The zero-order valence-electron chi connectivity index (χ0n) is 11.9. The van der Waals surface area contributed by atoms with Gasteiger partial charge in [0.1, 0.15) is 5.82 Å². The van der Waals surface area contributed by atoms with Crippen LogP contribution in [0.25, 0.3) is 0 Å². The molecule has 0 saturated heterocycles. The lowest BCUT2D eigenvalue weighted by molar-refractivity contribution is -0.140. The Bertz CT molecular complexity index is 515. The topological polar surface area (TPSA) is 40.5 Å². The van der Waals surface area contributed by atoms with Gasteiger partial charge in [0.2, 0.25) is 0 Å². The summed E-state index contributed by atoms with van der Waals surface area (Å²) in [6, 6.07) is 2.24. The smallest absolute Gasteiger partial charge is 0.317 e. The van der Waals surface area contributed by atoms with Crippen molar-refractivity contribution < 1.29 is 14.3 Å². The van der Waals surface area contributed by atoms with Gasteiger partial charge in [0.25, 0.3) is 0 Å². The van der Waals surface area contributed by atoms with Crippen LogP contribution in [0, 0.1) is 5.82 Å². The molecule has 6 heteroatoms. The molecule has 0 amide bonds. The van der Waals surface area contributed by atoms with Crippen molar-refractivity contribution in [3.8, 4) is 0 Å². The van der Waals surface area contributed by atoms with Crippen LogP contribution in [0.3, 0.4) is 0 Å². The van der Waals surface area contributed by atoms with Gasteiger partial charge in [-0.25, -0.2) is 4.39 Å². The average molecular weight is 322 g/mol. The number of halogens is 3. The minimum atomic E-state index is -0.947. The molecule has 1 atom stereocenters. The van der Waals surface area contributed by atoms with E-state index in [-0.39, 0.29) is 17.6 Å². The zero-order valence-corrected chi connectivity index (χ0v) is 13.4. The fourth-order valence-corrected chi connectivity index (χ4v) is 2.67. The number of rotatable bonds is 4. The van der Waals surface area contributed by atoms with E-state index in [0.717, 1.165) is 0 Å². The molecule has 3 nitrogen and oxygen atoms in total. The predicted molar refractivity (Wildman–Crippen MR) is 78.9 cm³/mol. The molecule has 0 heterocycles. The predicted octanol–water partition coefficient (Wildman–Crippen LogP) is 4.38. The summed E-state index contributed by atoms with van der Waals surface area (Å²) < 4.78 is 13.6. The van der Waals surface area contributed by atoms with Gasteiger partial charge in [-0.2, -0.15) is 0 Å². The number of carboxylic acids is 1. The second-order valence-electron chi connectivity index (χ2n) is 5.66. The number of benzene rings is 1. The number of hydrogen-bond donors (Lipinski definition) is 1. The molecule has 0 aliphatic carbocycles. The molecule has 0 spiro atoms.